The predicted molar refractivity (Wildman–Crippen MR) is 129 cm³/mol. The van der Waals surface area contributed by atoms with Gasteiger partial charge in [-0.15, -0.1) is 0 Å². The Bertz CT molecular complexity index is 1120. The van der Waals surface area contributed by atoms with Crippen LogP contribution in [-0.4, -0.2) is 39.9 Å². The number of carbonyl (C=O) groups is 2. The van der Waals surface area contributed by atoms with E-state index in [0.29, 0.717) is 35.8 Å². The molecule has 2 N–H and O–H groups in total. The molecule has 0 fully saturated rings. The highest BCUT2D eigenvalue weighted by atomic mass is 16.5. The van der Waals surface area contributed by atoms with Crippen LogP contribution in [0.5, 0.6) is 11.5 Å². The van der Waals surface area contributed by atoms with Gasteiger partial charge >= 0.3 is 5.97 Å². The maximum Gasteiger partial charge on any atom is 0.305 e. The van der Waals surface area contributed by atoms with Crippen molar-refractivity contribution in [1.29, 1.82) is 0 Å². The second kappa shape index (κ2) is 11.4. The van der Waals surface area contributed by atoms with Gasteiger partial charge in [-0.05, 0) is 36.1 Å². The third-order valence-electron chi connectivity index (χ3n) is 5.33. The van der Waals surface area contributed by atoms with Gasteiger partial charge in [0.2, 0.25) is 0 Å². The molecule has 0 aliphatic heterocycles. The standard InChI is InChI=1S/C26H31N3O5/c1-17(2)13-19(14-24(30)31)27-26(32)20-15-21(29(3)28-20)25-22(33-4)11-8-12-23(25)34-16-18-9-6-5-7-10-18/h5-12,15,17,19H,13-14,16H2,1-4H3,(H,27,32)(H,30,31). The van der Waals surface area contributed by atoms with Crippen molar-refractivity contribution >= 4 is 11.9 Å². The smallest absolute Gasteiger partial charge is 0.305 e. The van der Waals surface area contributed by atoms with Crippen LogP contribution in [0.25, 0.3) is 11.3 Å². The molecule has 0 saturated carbocycles. The van der Waals surface area contributed by atoms with Gasteiger partial charge in [0.05, 0.1) is 24.8 Å². The van der Waals surface area contributed by atoms with E-state index in [1.807, 2.05) is 62.4 Å². The number of carboxylic acids is 1. The van der Waals surface area contributed by atoms with E-state index in [9.17, 15) is 14.7 Å². The molecule has 1 unspecified atom stereocenters. The number of ether oxygens (including phenoxy) is 2. The number of methoxy groups -OCH3 is 1. The minimum Gasteiger partial charge on any atom is -0.496 e. The maximum absolute atomic E-state index is 12.9. The van der Waals surface area contributed by atoms with Crippen molar-refractivity contribution in [1.82, 2.24) is 15.1 Å². The third kappa shape index (κ3) is 6.37. The van der Waals surface area contributed by atoms with Crippen LogP contribution >= 0.6 is 0 Å². The Morgan fingerprint density at radius 3 is 2.44 bits per heavy atom. The number of nitrogens with one attached hydrogen (secondary N) is 1. The highest BCUT2D eigenvalue weighted by Crippen LogP contribution is 2.38. The average Bonchev–Trinajstić information content (AvgIpc) is 3.18. The minimum absolute atomic E-state index is 0.145. The molecular weight excluding hydrogens is 434 g/mol. The van der Waals surface area contributed by atoms with E-state index in [1.54, 1.807) is 24.9 Å². The number of nitrogens with zero attached hydrogens (tertiary/aromatic N) is 2. The van der Waals surface area contributed by atoms with E-state index >= 15 is 0 Å². The van der Waals surface area contributed by atoms with Gasteiger partial charge in [-0.25, -0.2) is 0 Å². The summed E-state index contributed by atoms with van der Waals surface area (Å²) in [7, 11) is 3.31. The molecular formula is C26H31N3O5. The Morgan fingerprint density at radius 1 is 1.09 bits per heavy atom. The van der Waals surface area contributed by atoms with E-state index in [-0.39, 0.29) is 18.0 Å². The number of hydrogen-bond acceptors (Lipinski definition) is 5. The molecule has 1 amide bonds. The number of carbonyl (C=O) groups excluding carboxylic acids is 1. The number of amides is 1. The van der Waals surface area contributed by atoms with Crippen molar-refractivity contribution < 1.29 is 24.2 Å². The number of aryl methyl sites for hydroxylation is 1. The van der Waals surface area contributed by atoms with Gasteiger partial charge < -0.3 is 19.9 Å². The highest BCUT2D eigenvalue weighted by Gasteiger charge is 2.23. The lowest BCUT2D eigenvalue weighted by Gasteiger charge is -2.18. The largest absolute Gasteiger partial charge is 0.496 e. The van der Waals surface area contributed by atoms with Crippen molar-refractivity contribution in [2.75, 3.05) is 7.11 Å². The second-order valence-electron chi connectivity index (χ2n) is 8.54. The lowest BCUT2D eigenvalue weighted by molar-refractivity contribution is -0.137. The van der Waals surface area contributed by atoms with Crippen molar-refractivity contribution in [3.8, 4) is 22.8 Å². The Morgan fingerprint density at radius 2 is 1.79 bits per heavy atom. The summed E-state index contributed by atoms with van der Waals surface area (Å²) in [5, 5.41) is 16.4. The van der Waals surface area contributed by atoms with Crippen LogP contribution in [0.2, 0.25) is 0 Å². The molecule has 8 nitrogen and oxygen atoms in total. The first-order valence-corrected chi connectivity index (χ1v) is 11.2. The minimum atomic E-state index is -0.957. The number of hydrogen-bond donors (Lipinski definition) is 2. The molecule has 3 rings (SSSR count). The zero-order valence-electron chi connectivity index (χ0n) is 19.9. The molecule has 3 aromatic rings. The number of benzene rings is 2. The number of aromatic nitrogens is 2. The van der Waals surface area contributed by atoms with E-state index in [0.717, 1.165) is 5.56 Å². The summed E-state index contributed by atoms with van der Waals surface area (Å²) >= 11 is 0. The fraction of sp³-hybridized carbons (Fsp3) is 0.346. The average molecular weight is 466 g/mol. The number of carboxylic acid groups (broad SMARTS) is 1. The molecule has 0 aliphatic carbocycles. The SMILES string of the molecule is COc1cccc(OCc2ccccc2)c1-c1cc(C(=O)NC(CC(=O)O)CC(C)C)nn1C. The Balaban J connectivity index is 1.88. The van der Waals surface area contributed by atoms with E-state index in [1.165, 1.54) is 0 Å². The number of rotatable bonds is 11. The second-order valence-corrected chi connectivity index (χ2v) is 8.54. The van der Waals surface area contributed by atoms with Crippen LogP contribution in [0, 0.1) is 5.92 Å². The van der Waals surface area contributed by atoms with Gasteiger partial charge in [-0.2, -0.15) is 5.10 Å². The number of aliphatic carboxylic acids is 1. The summed E-state index contributed by atoms with van der Waals surface area (Å²) < 4.78 is 13.3. The van der Waals surface area contributed by atoms with E-state index < -0.39 is 17.9 Å². The molecule has 34 heavy (non-hydrogen) atoms. The van der Waals surface area contributed by atoms with Gasteiger partial charge in [0.1, 0.15) is 18.1 Å². The lowest BCUT2D eigenvalue weighted by Crippen LogP contribution is -2.37. The topological polar surface area (TPSA) is 103 Å². The van der Waals surface area contributed by atoms with Gasteiger partial charge in [-0.3, -0.25) is 14.3 Å². The fourth-order valence-corrected chi connectivity index (χ4v) is 3.83. The first-order valence-electron chi connectivity index (χ1n) is 11.2. The molecule has 2 aromatic carbocycles. The molecule has 1 atom stereocenters. The molecule has 1 aromatic heterocycles. The molecule has 8 heteroatoms. The Hall–Kier alpha value is -3.81. The fourth-order valence-electron chi connectivity index (χ4n) is 3.83. The maximum atomic E-state index is 12.9. The van der Waals surface area contributed by atoms with Crippen LogP contribution in [0.1, 0.15) is 42.7 Å². The monoisotopic (exact) mass is 465 g/mol. The van der Waals surface area contributed by atoms with Crippen LogP contribution < -0.4 is 14.8 Å². The summed E-state index contributed by atoms with van der Waals surface area (Å²) in [6, 6.07) is 16.5. The molecule has 0 radical (unpaired) electrons. The molecule has 0 saturated heterocycles. The zero-order chi connectivity index (χ0) is 24.7. The van der Waals surface area contributed by atoms with Gasteiger partial charge in [0.15, 0.2) is 5.69 Å². The highest BCUT2D eigenvalue weighted by molar-refractivity contribution is 5.94. The summed E-state index contributed by atoms with van der Waals surface area (Å²) in [6.07, 6.45) is 0.412. The first kappa shape index (κ1) is 24.8. The van der Waals surface area contributed by atoms with E-state index in [4.69, 9.17) is 9.47 Å². The molecule has 180 valence electrons. The summed E-state index contributed by atoms with van der Waals surface area (Å²) in [5.41, 5.74) is 2.54. The first-order chi connectivity index (χ1) is 16.3. The summed E-state index contributed by atoms with van der Waals surface area (Å²) in [6.45, 7) is 4.34. The normalized spacial score (nSPS) is 11.8. The third-order valence-corrected chi connectivity index (χ3v) is 5.33. The van der Waals surface area contributed by atoms with Gasteiger partial charge in [-0.1, -0.05) is 50.2 Å². The molecule has 0 bridgehead atoms. The van der Waals surface area contributed by atoms with Crippen molar-refractivity contribution in [3.05, 3.63) is 65.9 Å². The van der Waals surface area contributed by atoms with Gasteiger partial charge in [0, 0.05) is 13.1 Å². The van der Waals surface area contributed by atoms with Crippen LogP contribution in [0.3, 0.4) is 0 Å². The molecule has 0 spiro atoms. The lowest BCUT2D eigenvalue weighted by atomic mass is 10.0. The Labute approximate surface area is 199 Å². The predicted octanol–water partition coefficient (Wildman–Crippen LogP) is 4.29. The Kier molecular flexibility index (Phi) is 8.29. The summed E-state index contributed by atoms with van der Waals surface area (Å²) in [4.78, 5) is 24.1. The molecule has 1 heterocycles. The summed E-state index contributed by atoms with van der Waals surface area (Å²) in [5.74, 6) is 0.0462. The van der Waals surface area contributed by atoms with Crippen molar-refractivity contribution in [2.24, 2.45) is 13.0 Å². The van der Waals surface area contributed by atoms with Crippen molar-refractivity contribution in [2.45, 2.75) is 39.3 Å². The zero-order valence-corrected chi connectivity index (χ0v) is 19.9. The van der Waals surface area contributed by atoms with E-state index in [2.05, 4.69) is 10.4 Å². The van der Waals surface area contributed by atoms with Crippen LogP contribution in [0.15, 0.2) is 54.6 Å². The quantitative estimate of drug-likeness (QED) is 0.438. The van der Waals surface area contributed by atoms with Crippen molar-refractivity contribution in [3.63, 3.8) is 0 Å². The van der Waals surface area contributed by atoms with Crippen LogP contribution in [0.4, 0.5) is 0 Å². The van der Waals surface area contributed by atoms with Gasteiger partial charge in [0.25, 0.3) is 5.91 Å². The molecule has 0 aliphatic rings. The van der Waals surface area contributed by atoms with Crippen LogP contribution in [-0.2, 0) is 18.4 Å².